The number of carbonyl (C=O) groups is 1. The number of benzene rings is 1. The molecule has 3 aromatic rings. The first-order chi connectivity index (χ1) is 12.2. The van der Waals surface area contributed by atoms with Gasteiger partial charge in [-0.25, -0.2) is 0 Å². The summed E-state index contributed by atoms with van der Waals surface area (Å²) in [6.45, 7) is 1.89. The number of amides is 1. The lowest BCUT2D eigenvalue weighted by atomic mass is 10.1. The van der Waals surface area contributed by atoms with E-state index in [1.54, 1.807) is 11.3 Å². The Morgan fingerprint density at radius 1 is 1.24 bits per heavy atom. The molecular weight excluding hydrogens is 334 g/mol. The molecule has 0 saturated heterocycles. The number of aromatic nitrogens is 2. The molecule has 6 heteroatoms. The van der Waals surface area contributed by atoms with Crippen LogP contribution in [-0.4, -0.2) is 32.2 Å². The quantitative estimate of drug-likeness (QED) is 0.787. The van der Waals surface area contributed by atoms with Crippen molar-refractivity contribution in [3.05, 3.63) is 52.7 Å². The first-order valence-electron chi connectivity index (χ1n) is 8.71. The van der Waals surface area contributed by atoms with Gasteiger partial charge >= 0.3 is 0 Å². The predicted molar refractivity (Wildman–Crippen MR) is 96.5 cm³/mol. The van der Waals surface area contributed by atoms with Crippen LogP contribution in [0, 0.1) is 5.92 Å². The van der Waals surface area contributed by atoms with Crippen molar-refractivity contribution in [2.75, 3.05) is 6.54 Å². The molecule has 1 amide bonds. The minimum atomic E-state index is -0.454. The zero-order valence-electron chi connectivity index (χ0n) is 13.8. The SMILES string of the molecule is O=C(c1cc2ccccc2s1)N1CCn2nc([C@H](O)C3CC3)cc2C1. The van der Waals surface area contributed by atoms with E-state index in [1.165, 1.54) is 0 Å². The molecule has 1 fully saturated rings. The fraction of sp³-hybridized carbons (Fsp3) is 0.368. The van der Waals surface area contributed by atoms with Crippen LogP contribution in [0.15, 0.2) is 36.4 Å². The summed E-state index contributed by atoms with van der Waals surface area (Å²) in [6.07, 6.45) is 1.71. The Morgan fingerprint density at radius 3 is 2.88 bits per heavy atom. The second-order valence-corrected chi connectivity index (χ2v) is 8.02. The lowest BCUT2D eigenvalue weighted by Crippen LogP contribution is -2.38. The molecule has 2 aromatic heterocycles. The van der Waals surface area contributed by atoms with E-state index in [1.807, 2.05) is 46.0 Å². The molecule has 1 N–H and O–H groups in total. The minimum absolute atomic E-state index is 0.0814. The Hall–Kier alpha value is -2.18. The molecule has 5 rings (SSSR count). The maximum absolute atomic E-state index is 12.9. The van der Waals surface area contributed by atoms with E-state index in [2.05, 4.69) is 5.10 Å². The highest BCUT2D eigenvalue weighted by Gasteiger charge is 2.33. The lowest BCUT2D eigenvalue weighted by Gasteiger charge is -2.27. The van der Waals surface area contributed by atoms with Gasteiger partial charge in [0.1, 0.15) is 6.10 Å². The summed E-state index contributed by atoms with van der Waals surface area (Å²) in [4.78, 5) is 15.6. The third-order valence-electron chi connectivity index (χ3n) is 5.11. The Morgan fingerprint density at radius 2 is 2.08 bits per heavy atom. The van der Waals surface area contributed by atoms with E-state index in [0.717, 1.165) is 39.2 Å². The first-order valence-corrected chi connectivity index (χ1v) is 9.53. The molecule has 3 heterocycles. The zero-order chi connectivity index (χ0) is 17.0. The van der Waals surface area contributed by atoms with Crippen LogP contribution in [0.4, 0.5) is 0 Å². The van der Waals surface area contributed by atoms with Crippen LogP contribution in [0.1, 0.15) is 40.0 Å². The average molecular weight is 353 g/mol. The van der Waals surface area contributed by atoms with E-state index < -0.39 is 6.10 Å². The molecular formula is C19H19N3O2S. The summed E-state index contributed by atoms with van der Waals surface area (Å²) in [7, 11) is 0. The highest BCUT2D eigenvalue weighted by Crippen LogP contribution is 2.40. The Bertz CT molecular complexity index is 924. The molecule has 0 unspecified atom stereocenters. The van der Waals surface area contributed by atoms with Crippen LogP contribution in [0.25, 0.3) is 10.1 Å². The zero-order valence-corrected chi connectivity index (χ0v) is 14.6. The molecule has 1 aromatic carbocycles. The number of hydrogen-bond donors (Lipinski definition) is 1. The van der Waals surface area contributed by atoms with E-state index in [0.29, 0.717) is 25.6 Å². The molecule has 1 saturated carbocycles. The van der Waals surface area contributed by atoms with Crippen molar-refractivity contribution in [2.45, 2.75) is 32.0 Å². The summed E-state index contributed by atoms with van der Waals surface area (Å²) >= 11 is 1.55. The van der Waals surface area contributed by atoms with Gasteiger partial charge < -0.3 is 10.0 Å². The van der Waals surface area contributed by atoms with E-state index >= 15 is 0 Å². The first kappa shape index (κ1) is 15.1. The monoisotopic (exact) mass is 353 g/mol. The van der Waals surface area contributed by atoms with E-state index in [9.17, 15) is 9.90 Å². The Labute approximate surface area is 149 Å². The third-order valence-corrected chi connectivity index (χ3v) is 6.22. The van der Waals surface area contributed by atoms with Crippen molar-refractivity contribution in [3.8, 4) is 0 Å². The van der Waals surface area contributed by atoms with Crippen molar-refractivity contribution in [3.63, 3.8) is 0 Å². The molecule has 128 valence electrons. The number of thiophene rings is 1. The van der Waals surface area contributed by atoms with Gasteiger partial charge in [0.15, 0.2) is 0 Å². The maximum Gasteiger partial charge on any atom is 0.264 e. The minimum Gasteiger partial charge on any atom is -0.386 e. The fourth-order valence-corrected chi connectivity index (χ4v) is 4.53. The molecule has 1 atom stereocenters. The van der Waals surface area contributed by atoms with Gasteiger partial charge in [-0.1, -0.05) is 18.2 Å². The van der Waals surface area contributed by atoms with Crippen molar-refractivity contribution in [1.29, 1.82) is 0 Å². The maximum atomic E-state index is 12.9. The number of fused-ring (bicyclic) bond motifs is 2. The van der Waals surface area contributed by atoms with Crippen molar-refractivity contribution in [2.24, 2.45) is 5.92 Å². The van der Waals surface area contributed by atoms with Crippen LogP contribution < -0.4 is 0 Å². The van der Waals surface area contributed by atoms with Gasteiger partial charge in [0, 0.05) is 11.2 Å². The van der Waals surface area contributed by atoms with E-state index in [4.69, 9.17) is 0 Å². The van der Waals surface area contributed by atoms with Gasteiger partial charge in [-0.3, -0.25) is 9.48 Å². The lowest BCUT2D eigenvalue weighted by molar-refractivity contribution is 0.0710. The van der Waals surface area contributed by atoms with Crippen molar-refractivity contribution in [1.82, 2.24) is 14.7 Å². The van der Waals surface area contributed by atoms with Crippen molar-refractivity contribution >= 4 is 27.3 Å². The summed E-state index contributed by atoms with van der Waals surface area (Å²) in [5.41, 5.74) is 1.77. The van der Waals surface area contributed by atoms with Crippen LogP contribution in [-0.2, 0) is 13.1 Å². The Balaban J connectivity index is 1.38. The van der Waals surface area contributed by atoms with Crippen LogP contribution in [0.5, 0.6) is 0 Å². The van der Waals surface area contributed by atoms with Gasteiger partial charge in [0.25, 0.3) is 5.91 Å². The topological polar surface area (TPSA) is 58.4 Å². The van der Waals surface area contributed by atoms with Gasteiger partial charge in [0.2, 0.25) is 0 Å². The molecule has 1 aliphatic carbocycles. The second-order valence-electron chi connectivity index (χ2n) is 6.94. The van der Waals surface area contributed by atoms with Crippen LogP contribution in [0.2, 0.25) is 0 Å². The number of carbonyl (C=O) groups excluding carboxylic acids is 1. The number of aliphatic hydroxyl groups is 1. The van der Waals surface area contributed by atoms with Crippen LogP contribution >= 0.6 is 11.3 Å². The smallest absolute Gasteiger partial charge is 0.264 e. The molecule has 25 heavy (non-hydrogen) atoms. The average Bonchev–Trinajstić information content (AvgIpc) is 3.25. The van der Waals surface area contributed by atoms with Crippen molar-refractivity contribution < 1.29 is 9.90 Å². The van der Waals surface area contributed by atoms with Crippen LogP contribution in [0.3, 0.4) is 0 Å². The molecule has 0 bridgehead atoms. The summed E-state index contributed by atoms with van der Waals surface area (Å²) in [6, 6.07) is 12.0. The largest absolute Gasteiger partial charge is 0.386 e. The standard InChI is InChI=1S/C19H19N3O2S/c23-18(12-5-6-12)15-10-14-11-21(7-8-22(14)20-15)19(24)17-9-13-3-1-2-4-16(13)25-17/h1-4,9-10,12,18,23H,5-8,11H2/t18-/m1/s1. The highest BCUT2D eigenvalue weighted by molar-refractivity contribution is 7.20. The summed E-state index contributed by atoms with van der Waals surface area (Å²) in [5.74, 6) is 0.450. The molecule has 0 radical (unpaired) electrons. The van der Waals surface area contributed by atoms with Gasteiger partial charge in [-0.15, -0.1) is 11.3 Å². The third kappa shape index (κ3) is 2.65. The molecule has 5 nitrogen and oxygen atoms in total. The number of nitrogens with zero attached hydrogens (tertiary/aromatic N) is 3. The fourth-order valence-electron chi connectivity index (χ4n) is 3.50. The molecule has 2 aliphatic rings. The van der Waals surface area contributed by atoms with Gasteiger partial charge in [-0.2, -0.15) is 5.10 Å². The number of hydrogen-bond acceptors (Lipinski definition) is 4. The second kappa shape index (κ2) is 5.68. The van der Waals surface area contributed by atoms with Gasteiger partial charge in [0.05, 0.1) is 29.4 Å². The van der Waals surface area contributed by atoms with Gasteiger partial charge in [-0.05, 0) is 42.3 Å². The number of aliphatic hydroxyl groups excluding tert-OH is 1. The predicted octanol–water partition coefficient (Wildman–Crippen LogP) is 3.20. The summed E-state index contributed by atoms with van der Waals surface area (Å²) in [5, 5.41) is 16.0. The highest BCUT2D eigenvalue weighted by atomic mass is 32.1. The number of rotatable bonds is 3. The molecule has 0 spiro atoms. The molecule has 1 aliphatic heterocycles. The summed E-state index contributed by atoms with van der Waals surface area (Å²) < 4.78 is 3.08. The Kier molecular flexibility index (Phi) is 3.43. The normalized spacial score (nSPS) is 18.4. The van der Waals surface area contributed by atoms with E-state index in [-0.39, 0.29) is 5.91 Å².